The van der Waals surface area contributed by atoms with Crippen molar-refractivity contribution in [1.29, 1.82) is 0 Å². The smallest absolute Gasteiger partial charge is 0.165 e. The van der Waals surface area contributed by atoms with Gasteiger partial charge in [0.2, 0.25) is 0 Å². The zero-order valence-corrected chi connectivity index (χ0v) is 18.6. The normalized spacial score (nSPS) is 25.2. The Hall–Kier alpha value is -1.86. The molecule has 1 aliphatic heterocycles. The Bertz CT molecular complexity index is 989. The van der Waals surface area contributed by atoms with E-state index in [4.69, 9.17) is 32.5 Å². The second kappa shape index (κ2) is 9.79. The number of nitrogens with two attached hydrogens (primary N) is 2. The van der Waals surface area contributed by atoms with Crippen LogP contribution in [0.5, 0.6) is 5.75 Å². The Balaban J connectivity index is 2.03. The first-order valence-electron chi connectivity index (χ1n) is 10.3. The summed E-state index contributed by atoms with van der Waals surface area (Å²) < 4.78 is 25.3. The Labute approximate surface area is 194 Å². The molecule has 0 aromatic heterocycles. The van der Waals surface area contributed by atoms with Gasteiger partial charge in [0.15, 0.2) is 11.6 Å². The number of halogens is 2. The maximum atomic E-state index is 14.4. The standard InChI is InChI=1S/C22H28ClFN2O7/c1-2-32-16-6-4-12(8-15(16)24)22(25,26)13-7-11(3-5-14(13)23)19-17(29)18(30)20(31)21(9-27,10-28)33-19/h3-8,17-20,27-31H,2,9-10,25-26H2,1H3. The van der Waals surface area contributed by atoms with Gasteiger partial charge in [-0.05, 0) is 42.3 Å². The maximum Gasteiger partial charge on any atom is 0.165 e. The predicted molar refractivity (Wildman–Crippen MR) is 117 cm³/mol. The summed E-state index contributed by atoms with van der Waals surface area (Å²) in [6.45, 7) is 0.339. The molecule has 1 saturated heterocycles. The van der Waals surface area contributed by atoms with E-state index in [1.807, 2.05) is 0 Å². The van der Waals surface area contributed by atoms with Crippen molar-refractivity contribution in [2.75, 3.05) is 19.8 Å². The van der Waals surface area contributed by atoms with Gasteiger partial charge in [0.1, 0.15) is 35.7 Å². The van der Waals surface area contributed by atoms with E-state index in [0.717, 1.165) is 6.07 Å². The minimum absolute atomic E-state index is 0.0347. The molecule has 2 aromatic carbocycles. The lowest BCUT2D eigenvalue weighted by Gasteiger charge is -2.47. The largest absolute Gasteiger partial charge is 0.491 e. The van der Waals surface area contributed by atoms with Gasteiger partial charge in [-0.2, -0.15) is 0 Å². The Morgan fingerprint density at radius 3 is 2.33 bits per heavy atom. The van der Waals surface area contributed by atoms with Crippen molar-refractivity contribution >= 4 is 11.6 Å². The third-order valence-corrected chi connectivity index (χ3v) is 6.22. The van der Waals surface area contributed by atoms with Crippen LogP contribution in [0.3, 0.4) is 0 Å². The molecular formula is C22H28ClFN2O7. The van der Waals surface area contributed by atoms with E-state index in [-0.39, 0.29) is 34.1 Å². The van der Waals surface area contributed by atoms with Crippen molar-refractivity contribution in [3.05, 3.63) is 63.9 Å². The number of hydrogen-bond donors (Lipinski definition) is 7. The summed E-state index contributed by atoms with van der Waals surface area (Å²) in [5.74, 6) is -0.631. The van der Waals surface area contributed by atoms with Crippen LogP contribution < -0.4 is 16.2 Å². The van der Waals surface area contributed by atoms with Crippen LogP contribution >= 0.6 is 11.6 Å². The van der Waals surface area contributed by atoms with E-state index in [9.17, 15) is 29.9 Å². The average Bonchev–Trinajstić information content (AvgIpc) is 2.80. The Morgan fingerprint density at radius 2 is 1.76 bits per heavy atom. The molecule has 182 valence electrons. The molecule has 33 heavy (non-hydrogen) atoms. The molecule has 2 aromatic rings. The molecule has 0 bridgehead atoms. The van der Waals surface area contributed by atoms with Crippen LogP contribution in [-0.4, -0.2) is 69.3 Å². The molecule has 0 saturated carbocycles. The van der Waals surface area contributed by atoms with Crippen molar-refractivity contribution in [1.82, 2.24) is 0 Å². The van der Waals surface area contributed by atoms with E-state index >= 15 is 0 Å². The van der Waals surface area contributed by atoms with Gasteiger partial charge in [-0.15, -0.1) is 0 Å². The van der Waals surface area contributed by atoms with Crippen molar-refractivity contribution in [2.45, 2.75) is 42.6 Å². The number of hydrogen-bond acceptors (Lipinski definition) is 9. The predicted octanol–water partition coefficient (Wildman–Crippen LogP) is -0.126. The summed E-state index contributed by atoms with van der Waals surface area (Å²) in [7, 11) is 0. The van der Waals surface area contributed by atoms with Crippen molar-refractivity contribution in [3.8, 4) is 5.75 Å². The van der Waals surface area contributed by atoms with Crippen molar-refractivity contribution < 1.29 is 39.4 Å². The number of ether oxygens (including phenoxy) is 2. The van der Waals surface area contributed by atoms with Gasteiger partial charge in [-0.3, -0.25) is 0 Å². The molecule has 1 heterocycles. The lowest BCUT2D eigenvalue weighted by molar-refractivity contribution is -0.289. The van der Waals surface area contributed by atoms with Crippen LogP contribution in [-0.2, 0) is 10.4 Å². The lowest BCUT2D eigenvalue weighted by atomic mass is 9.82. The number of benzene rings is 2. The summed E-state index contributed by atoms with van der Waals surface area (Å²) in [4.78, 5) is 0. The highest BCUT2D eigenvalue weighted by Gasteiger charge is 2.53. The van der Waals surface area contributed by atoms with E-state index in [1.54, 1.807) is 6.92 Å². The quantitative estimate of drug-likeness (QED) is 0.263. The molecular weight excluding hydrogens is 459 g/mol. The maximum absolute atomic E-state index is 14.4. The minimum atomic E-state index is -1.93. The zero-order valence-electron chi connectivity index (χ0n) is 17.9. The summed E-state index contributed by atoms with van der Waals surface area (Å²) in [5, 5.41) is 50.6. The Kier molecular flexibility index (Phi) is 7.64. The van der Waals surface area contributed by atoms with Gasteiger partial charge in [0, 0.05) is 10.6 Å². The highest BCUT2D eigenvalue weighted by molar-refractivity contribution is 6.31. The van der Waals surface area contributed by atoms with E-state index in [0.29, 0.717) is 0 Å². The second-order valence-corrected chi connectivity index (χ2v) is 8.44. The SMILES string of the molecule is CCOc1ccc(C(N)(N)c2cc(C3OC(CO)(CO)C(O)C(O)C3O)ccc2Cl)cc1F. The fourth-order valence-electron chi connectivity index (χ4n) is 3.87. The molecule has 11 heteroatoms. The molecule has 1 fully saturated rings. The number of rotatable bonds is 7. The van der Waals surface area contributed by atoms with Gasteiger partial charge in [0.25, 0.3) is 0 Å². The molecule has 4 atom stereocenters. The van der Waals surface area contributed by atoms with E-state index < -0.39 is 54.7 Å². The van der Waals surface area contributed by atoms with Crippen LogP contribution in [0.4, 0.5) is 4.39 Å². The highest BCUT2D eigenvalue weighted by Crippen LogP contribution is 2.40. The van der Waals surface area contributed by atoms with Gasteiger partial charge in [-0.25, -0.2) is 4.39 Å². The summed E-state index contributed by atoms with van der Waals surface area (Å²) in [6, 6.07) is 8.32. The molecule has 0 radical (unpaired) electrons. The van der Waals surface area contributed by atoms with Crippen LogP contribution in [0.15, 0.2) is 36.4 Å². The van der Waals surface area contributed by atoms with Gasteiger partial charge in [0.05, 0.1) is 19.8 Å². The molecule has 4 unspecified atom stereocenters. The average molecular weight is 487 g/mol. The molecule has 0 amide bonds. The van der Waals surface area contributed by atoms with Gasteiger partial charge >= 0.3 is 0 Å². The summed E-state index contributed by atoms with van der Waals surface area (Å²) in [6.07, 6.45) is -6.39. The molecule has 0 spiro atoms. The number of aliphatic hydroxyl groups is 5. The van der Waals surface area contributed by atoms with Crippen molar-refractivity contribution in [2.24, 2.45) is 11.5 Å². The molecule has 3 rings (SSSR count). The fourth-order valence-corrected chi connectivity index (χ4v) is 4.14. The molecule has 1 aliphatic rings. The minimum Gasteiger partial charge on any atom is -0.491 e. The highest BCUT2D eigenvalue weighted by atomic mass is 35.5. The van der Waals surface area contributed by atoms with Gasteiger partial charge < -0.3 is 46.5 Å². The topological polar surface area (TPSA) is 172 Å². The van der Waals surface area contributed by atoms with Crippen LogP contribution in [0.2, 0.25) is 5.02 Å². The first-order chi connectivity index (χ1) is 15.5. The first kappa shape index (κ1) is 25.8. The molecule has 9 N–H and O–H groups in total. The van der Waals surface area contributed by atoms with E-state index in [2.05, 4.69) is 0 Å². The fraction of sp³-hybridized carbons (Fsp3) is 0.455. The zero-order chi connectivity index (χ0) is 24.6. The van der Waals surface area contributed by atoms with Crippen LogP contribution in [0, 0.1) is 5.82 Å². The monoisotopic (exact) mass is 486 g/mol. The first-order valence-corrected chi connectivity index (χ1v) is 10.6. The molecule has 9 nitrogen and oxygen atoms in total. The number of aliphatic hydroxyl groups excluding tert-OH is 5. The second-order valence-electron chi connectivity index (χ2n) is 8.03. The summed E-state index contributed by atoms with van der Waals surface area (Å²) >= 11 is 6.34. The van der Waals surface area contributed by atoms with Crippen LogP contribution in [0.25, 0.3) is 0 Å². The van der Waals surface area contributed by atoms with E-state index in [1.165, 1.54) is 30.3 Å². The van der Waals surface area contributed by atoms with Crippen LogP contribution in [0.1, 0.15) is 29.7 Å². The third-order valence-electron chi connectivity index (χ3n) is 5.89. The lowest BCUT2D eigenvalue weighted by Crippen LogP contribution is -2.65. The summed E-state index contributed by atoms with van der Waals surface area (Å²) in [5.41, 5.74) is 9.58. The Morgan fingerprint density at radius 1 is 1.09 bits per heavy atom. The van der Waals surface area contributed by atoms with Gasteiger partial charge in [-0.1, -0.05) is 23.7 Å². The third kappa shape index (κ3) is 4.59. The molecule has 0 aliphatic carbocycles. The van der Waals surface area contributed by atoms with Crippen molar-refractivity contribution in [3.63, 3.8) is 0 Å².